The third-order valence-corrected chi connectivity index (χ3v) is 6.07. The van der Waals surface area contributed by atoms with Crippen LogP contribution in [0.2, 0.25) is 0 Å². The van der Waals surface area contributed by atoms with E-state index in [0.717, 1.165) is 31.0 Å². The van der Waals surface area contributed by atoms with Crippen LogP contribution in [0, 0.1) is 12.7 Å². The Morgan fingerprint density at radius 1 is 1.09 bits per heavy atom. The van der Waals surface area contributed by atoms with E-state index in [0.29, 0.717) is 43.1 Å². The number of imidazole rings is 2. The van der Waals surface area contributed by atoms with Crippen LogP contribution in [0.5, 0.6) is 0 Å². The number of morpholine rings is 1. The Hall–Kier alpha value is -3.24. The number of hydrogen-bond donors (Lipinski definition) is 0. The molecule has 1 aliphatic heterocycles. The minimum Gasteiger partial charge on any atom is -0.379 e. The Bertz CT molecular complexity index is 1410. The molecule has 4 heterocycles. The first-order valence-electron chi connectivity index (χ1n) is 10.7. The standard InChI is InChI=1S/C22H25FN6O3/c1-15-14-28-18-19(24-21(28)29(15)17-6-4-16(23)5-7-17)25(2)22(31)27(20(18)30)9-3-8-26-10-12-32-13-11-26/h4-7,14H,3,8-13H2,1-2H3. The quantitative estimate of drug-likeness (QED) is 0.468. The molecular formula is C22H25FN6O3. The zero-order valence-electron chi connectivity index (χ0n) is 18.1. The van der Waals surface area contributed by atoms with Gasteiger partial charge in [-0.3, -0.25) is 27.8 Å². The second-order valence-electron chi connectivity index (χ2n) is 8.14. The molecule has 0 amide bonds. The van der Waals surface area contributed by atoms with Crippen LogP contribution in [0.1, 0.15) is 12.1 Å². The molecule has 0 spiro atoms. The number of aromatic nitrogens is 5. The Balaban J connectivity index is 1.58. The van der Waals surface area contributed by atoms with Crippen LogP contribution in [0.3, 0.4) is 0 Å². The number of fused-ring (bicyclic) bond motifs is 3. The minimum atomic E-state index is -0.379. The van der Waals surface area contributed by atoms with Gasteiger partial charge in [0, 0.05) is 50.8 Å². The Morgan fingerprint density at radius 3 is 2.53 bits per heavy atom. The average Bonchev–Trinajstić information content (AvgIpc) is 3.31. The third kappa shape index (κ3) is 3.35. The summed E-state index contributed by atoms with van der Waals surface area (Å²) in [6.07, 6.45) is 2.51. The van der Waals surface area contributed by atoms with E-state index in [2.05, 4.69) is 9.88 Å². The van der Waals surface area contributed by atoms with Crippen molar-refractivity contribution in [2.45, 2.75) is 19.9 Å². The largest absolute Gasteiger partial charge is 0.379 e. The monoisotopic (exact) mass is 440 g/mol. The van der Waals surface area contributed by atoms with Gasteiger partial charge in [-0.15, -0.1) is 0 Å². The smallest absolute Gasteiger partial charge is 0.332 e. The van der Waals surface area contributed by atoms with Crippen LogP contribution in [0.4, 0.5) is 4.39 Å². The Labute approximate surface area is 182 Å². The maximum Gasteiger partial charge on any atom is 0.332 e. The molecule has 1 fully saturated rings. The maximum atomic E-state index is 13.4. The van der Waals surface area contributed by atoms with Gasteiger partial charge in [-0.25, -0.2) is 9.18 Å². The van der Waals surface area contributed by atoms with Gasteiger partial charge in [0.15, 0.2) is 11.2 Å². The summed E-state index contributed by atoms with van der Waals surface area (Å²) < 4.78 is 25.0. The number of aryl methyl sites for hydroxylation is 2. The molecule has 0 aliphatic carbocycles. The van der Waals surface area contributed by atoms with Crippen LogP contribution in [0.15, 0.2) is 40.1 Å². The van der Waals surface area contributed by atoms with Gasteiger partial charge in [-0.05, 0) is 37.6 Å². The molecule has 168 valence electrons. The van der Waals surface area contributed by atoms with E-state index in [1.54, 1.807) is 23.6 Å². The molecular weight excluding hydrogens is 415 g/mol. The predicted molar refractivity (Wildman–Crippen MR) is 118 cm³/mol. The molecule has 0 N–H and O–H groups in total. The van der Waals surface area contributed by atoms with E-state index in [4.69, 9.17) is 4.74 Å². The van der Waals surface area contributed by atoms with Gasteiger partial charge in [0.25, 0.3) is 5.56 Å². The fraction of sp³-hybridized carbons (Fsp3) is 0.409. The van der Waals surface area contributed by atoms with E-state index >= 15 is 0 Å². The molecule has 3 aromatic heterocycles. The molecule has 1 saturated heterocycles. The summed E-state index contributed by atoms with van der Waals surface area (Å²) in [7, 11) is 1.63. The average molecular weight is 440 g/mol. The number of ether oxygens (including phenoxy) is 1. The molecule has 1 aliphatic rings. The van der Waals surface area contributed by atoms with Crippen LogP contribution in [0.25, 0.3) is 22.6 Å². The summed E-state index contributed by atoms with van der Waals surface area (Å²) in [5.74, 6) is 0.174. The molecule has 0 bridgehead atoms. The van der Waals surface area contributed by atoms with Gasteiger partial charge in [0.2, 0.25) is 5.78 Å². The molecule has 0 saturated carbocycles. The molecule has 9 nitrogen and oxygen atoms in total. The lowest BCUT2D eigenvalue weighted by molar-refractivity contribution is 0.0368. The lowest BCUT2D eigenvalue weighted by Gasteiger charge is -2.26. The maximum absolute atomic E-state index is 13.4. The molecule has 10 heteroatoms. The fourth-order valence-corrected chi connectivity index (χ4v) is 4.39. The highest BCUT2D eigenvalue weighted by Crippen LogP contribution is 2.21. The van der Waals surface area contributed by atoms with Crippen LogP contribution in [-0.4, -0.2) is 60.8 Å². The zero-order valence-corrected chi connectivity index (χ0v) is 18.1. The number of halogens is 1. The van der Waals surface area contributed by atoms with Crippen molar-refractivity contribution < 1.29 is 9.13 Å². The van der Waals surface area contributed by atoms with E-state index < -0.39 is 0 Å². The molecule has 0 atom stereocenters. The molecule has 1 aromatic carbocycles. The van der Waals surface area contributed by atoms with Gasteiger partial charge in [-0.2, -0.15) is 4.98 Å². The molecule has 5 rings (SSSR count). The summed E-state index contributed by atoms with van der Waals surface area (Å²) in [6, 6.07) is 6.07. The van der Waals surface area contributed by atoms with E-state index in [9.17, 15) is 14.0 Å². The van der Waals surface area contributed by atoms with E-state index in [-0.39, 0.29) is 17.1 Å². The lowest BCUT2D eigenvalue weighted by atomic mass is 10.3. The molecule has 0 radical (unpaired) electrons. The first-order valence-corrected chi connectivity index (χ1v) is 10.7. The number of nitrogens with zero attached hydrogens (tertiary/aromatic N) is 6. The Kier molecular flexibility index (Phi) is 5.18. The van der Waals surface area contributed by atoms with Crippen molar-refractivity contribution in [2.24, 2.45) is 7.05 Å². The molecule has 0 unspecified atom stereocenters. The van der Waals surface area contributed by atoms with Crippen molar-refractivity contribution in [3.63, 3.8) is 0 Å². The predicted octanol–water partition coefficient (Wildman–Crippen LogP) is 1.31. The highest BCUT2D eigenvalue weighted by atomic mass is 19.1. The Morgan fingerprint density at radius 2 is 1.81 bits per heavy atom. The SMILES string of the molecule is Cc1cn2c3c(=O)n(CCCN4CCOCC4)c(=O)n(C)c3nc2n1-c1ccc(F)cc1. The fourth-order valence-electron chi connectivity index (χ4n) is 4.39. The second-order valence-corrected chi connectivity index (χ2v) is 8.14. The summed E-state index contributed by atoms with van der Waals surface area (Å²) in [4.78, 5) is 33.2. The van der Waals surface area contributed by atoms with Gasteiger partial charge in [-0.1, -0.05) is 0 Å². The molecule has 32 heavy (non-hydrogen) atoms. The minimum absolute atomic E-state index is 0.328. The highest BCUT2D eigenvalue weighted by Gasteiger charge is 2.21. The lowest BCUT2D eigenvalue weighted by Crippen LogP contribution is -2.41. The summed E-state index contributed by atoms with van der Waals surface area (Å²) >= 11 is 0. The molecule has 4 aromatic rings. The number of hydrogen-bond acceptors (Lipinski definition) is 5. The van der Waals surface area contributed by atoms with Gasteiger partial charge in [0.05, 0.1) is 13.2 Å². The first-order chi connectivity index (χ1) is 15.5. The van der Waals surface area contributed by atoms with Crippen molar-refractivity contribution in [1.29, 1.82) is 0 Å². The van der Waals surface area contributed by atoms with E-state index in [1.165, 1.54) is 21.3 Å². The van der Waals surface area contributed by atoms with Crippen LogP contribution < -0.4 is 11.2 Å². The van der Waals surface area contributed by atoms with Crippen molar-refractivity contribution in [2.75, 3.05) is 32.8 Å². The van der Waals surface area contributed by atoms with Crippen LogP contribution >= 0.6 is 0 Å². The van der Waals surface area contributed by atoms with Crippen LogP contribution in [-0.2, 0) is 18.3 Å². The van der Waals surface area contributed by atoms with Crippen molar-refractivity contribution in [3.8, 4) is 5.69 Å². The topological polar surface area (TPSA) is 78.7 Å². The van der Waals surface area contributed by atoms with Crippen molar-refractivity contribution in [1.82, 2.24) is 28.0 Å². The number of rotatable bonds is 5. The normalized spacial score (nSPS) is 15.2. The van der Waals surface area contributed by atoms with Gasteiger partial charge >= 0.3 is 5.69 Å². The van der Waals surface area contributed by atoms with Gasteiger partial charge < -0.3 is 4.74 Å². The number of benzene rings is 1. The third-order valence-electron chi connectivity index (χ3n) is 6.07. The van der Waals surface area contributed by atoms with Gasteiger partial charge in [0.1, 0.15) is 5.82 Å². The summed E-state index contributed by atoms with van der Waals surface area (Å²) in [5.41, 5.74) is 1.52. The second kappa shape index (κ2) is 8.03. The van der Waals surface area contributed by atoms with Crippen molar-refractivity contribution in [3.05, 3.63) is 62.8 Å². The zero-order chi connectivity index (χ0) is 22.4. The summed E-state index contributed by atoms with van der Waals surface area (Å²) in [6.45, 7) is 6.20. The first kappa shape index (κ1) is 20.7. The summed E-state index contributed by atoms with van der Waals surface area (Å²) in [5, 5.41) is 0. The highest BCUT2D eigenvalue weighted by molar-refractivity contribution is 5.76. The van der Waals surface area contributed by atoms with E-state index in [1.807, 2.05) is 17.7 Å². The van der Waals surface area contributed by atoms with Crippen molar-refractivity contribution >= 4 is 16.9 Å².